The van der Waals surface area contributed by atoms with Gasteiger partial charge in [-0.1, -0.05) is 6.07 Å². The van der Waals surface area contributed by atoms with Crippen molar-refractivity contribution in [3.8, 4) is 5.69 Å². The molecule has 2 aliphatic rings. The molecule has 178 valence electrons. The molecule has 1 N–H and O–H groups in total. The molecule has 0 aliphatic carbocycles. The minimum absolute atomic E-state index is 0.0387. The summed E-state index contributed by atoms with van der Waals surface area (Å²) in [6, 6.07) is 4.39. The van der Waals surface area contributed by atoms with Gasteiger partial charge in [-0.25, -0.2) is 18.7 Å². The van der Waals surface area contributed by atoms with Crippen molar-refractivity contribution in [1.82, 2.24) is 29.9 Å². The molecule has 0 bridgehead atoms. The molecule has 34 heavy (non-hydrogen) atoms. The number of halogens is 2. The van der Waals surface area contributed by atoms with E-state index in [0.29, 0.717) is 37.8 Å². The van der Waals surface area contributed by atoms with Gasteiger partial charge in [0.2, 0.25) is 5.95 Å². The first kappa shape index (κ1) is 22.3. The number of benzene rings is 1. The molecule has 2 aliphatic heterocycles. The van der Waals surface area contributed by atoms with Gasteiger partial charge in [0.05, 0.1) is 18.1 Å². The van der Waals surface area contributed by atoms with Crippen molar-refractivity contribution in [1.29, 1.82) is 0 Å². The highest BCUT2D eigenvalue weighted by Gasteiger charge is 2.43. The number of carbonyl (C=O) groups excluding carboxylic acids is 1. The highest BCUT2D eigenvalue weighted by molar-refractivity contribution is 5.98. The van der Waals surface area contributed by atoms with E-state index in [1.807, 2.05) is 4.90 Å². The Morgan fingerprint density at radius 1 is 1.06 bits per heavy atom. The lowest BCUT2D eigenvalue weighted by Crippen LogP contribution is -2.35. The second-order valence-electron chi connectivity index (χ2n) is 9.42. The molecule has 1 aromatic carbocycles. The maximum atomic E-state index is 14.7. The van der Waals surface area contributed by atoms with Crippen LogP contribution in [0, 0.1) is 30.4 Å². The van der Waals surface area contributed by atoms with E-state index in [2.05, 4.69) is 20.2 Å². The van der Waals surface area contributed by atoms with Gasteiger partial charge in [0, 0.05) is 38.0 Å². The molecule has 1 amide bonds. The summed E-state index contributed by atoms with van der Waals surface area (Å²) in [7, 11) is 0. The maximum Gasteiger partial charge on any atom is 0.259 e. The van der Waals surface area contributed by atoms with Crippen LogP contribution in [-0.2, 0) is 5.60 Å². The number of hydrogen-bond acceptors (Lipinski definition) is 7. The molecule has 4 heterocycles. The number of fused-ring (bicyclic) bond motifs is 1. The molecule has 0 spiro atoms. The minimum atomic E-state index is -1.44. The third-order valence-corrected chi connectivity index (χ3v) is 6.48. The van der Waals surface area contributed by atoms with Gasteiger partial charge in [0.15, 0.2) is 5.82 Å². The Morgan fingerprint density at radius 3 is 2.32 bits per heavy atom. The van der Waals surface area contributed by atoms with Gasteiger partial charge in [-0.15, -0.1) is 0 Å². The Labute approximate surface area is 195 Å². The summed E-state index contributed by atoms with van der Waals surface area (Å²) in [4.78, 5) is 26.8. The number of aliphatic hydroxyl groups is 1. The summed E-state index contributed by atoms with van der Waals surface area (Å²) in [5.74, 6) is -0.982. The molecular weight excluding hydrogens is 444 g/mol. The standard InChI is InChI=1S/C23H25F2N7O2/c1-13-19(25)20(23(2,3)34)29-22(28-13)31-11-14-9-30(10-15(14)12-31)21(33)18-16(24)5-4-6-17(18)32-26-7-8-27-32/h4-8,14-15,34H,9-12H2,1-3H3. The highest BCUT2D eigenvalue weighted by atomic mass is 19.1. The second kappa shape index (κ2) is 8.08. The lowest BCUT2D eigenvalue weighted by atomic mass is 10.0. The summed E-state index contributed by atoms with van der Waals surface area (Å²) >= 11 is 0. The monoisotopic (exact) mass is 469 g/mol. The molecule has 0 radical (unpaired) electrons. The van der Waals surface area contributed by atoms with Gasteiger partial charge in [-0.05, 0) is 32.9 Å². The number of anilines is 1. The number of rotatable bonds is 4. The van der Waals surface area contributed by atoms with Crippen LogP contribution in [0.4, 0.5) is 14.7 Å². The molecule has 2 fully saturated rings. The van der Waals surface area contributed by atoms with E-state index in [1.54, 1.807) is 17.9 Å². The average molecular weight is 469 g/mol. The molecular formula is C23H25F2N7O2. The highest BCUT2D eigenvalue weighted by Crippen LogP contribution is 2.35. The third-order valence-electron chi connectivity index (χ3n) is 6.48. The Hall–Kier alpha value is -3.47. The topological polar surface area (TPSA) is 100 Å². The number of aromatic nitrogens is 5. The fraction of sp³-hybridized carbons (Fsp3) is 0.435. The van der Waals surface area contributed by atoms with Crippen molar-refractivity contribution in [2.75, 3.05) is 31.1 Å². The first-order valence-electron chi connectivity index (χ1n) is 11.1. The summed E-state index contributed by atoms with van der Waals surface area (Å²) < 4.78 is 29.2. The predicted molar refractivity (Wildman–Crippen MR) is 118 cm³/mol. The lowest BCUT2D eigenvalue weighted by molar-refractivity contribution is 0.0690. The molecule has 2 unspecified atom stereocenters. The Kier molecular flexibility index (Phi) is 5.31. The maximum absolute atomic E-state index is 14.7. The first-order chi connectivity index (χ1) is 16.1. The number of aryl methyl sites for hydroxylation is 1. The van der Waals surface area contributed by atoms with E-state index in [0.717, 1.165) is 0 Å². The number of nitrogens with zero attached hydrogens (tertiary/aromatic N) is 7. The lowest BCUT2D eigenvalue weighted by Gasteiger charge is -2.25. The Balaban J connectivity index is 1.35. The quantitative estimate of drug-likeness (QED) is 0.625. The van der Waals surface area contributed by atoms with Crippen molar-refractivity contribution in [3.63, 3.8) is 0 Å². The first-order valence-corrected chi connectivity index (χ1v) is 11.1. The summed E-state index contributed by atoms with van der Waals surface area (Å²) in [5, 5.41) is 18.4. The van der Waals surface area contributed by atoms with Gasteiger partial charge < -0.3 is 14.9 Å². The summed E-state index contributed by atoms with van der Waals surface area (Å²) in [6.45, 7) is 6.59. The Morgan fingerprint density at radius 2 is 1.71 bits per heavy atom. The zero-order valence-electron chi connectivity index (χ0n) is 19.1. The predicted octanol–water partition coefficient (Wildman–Crippen LogP) is 2.08. The zero-order chi connectivity index (χ0) is 24.2. The zero-order valence-corrected chi connectivity index (χ0v) is 19.1. The molecule has 9 nitrogen and oxygen atoms in total. The van der Waals surface area contributed by atoms with E-state index in [-0.39, 0.29) is 28.8 Å². The Bertz CT molecular complexity index is 1230. The molecule has 5 rings (SSSR count). The van der Waals surface area contributed by atoms with Gasteiger partial charge in [-0.2, -0.15) is 15.0 Å². The van der Waals surface area contributed by atoms with Crippen molar-refractivity contribution >= 4 is 11.9 Å². The second-order valence-corrected chi connectivity index (χ2v) is 9.42. The van der Waals surface area contributed by atoms with Crippen LogP contribution in [0.3, 0.4) is 0 Å². The van der Waals surface area contributed by atoms with Gasteiger partial charge in [-0.3, -0.25) is 4.79 Å². The van der Waals surface area contributed by atoms with Crippen molar-refractivity contribution in [3.05, 3.63) is 59.2 Å². The van der Waals surface area contributed by atoms with E-state index in [4.69, 9.17) is 0 Å². The largest absolute Gasteiger partial charge is 0.384 e. The molecule has 2 saturated heterocycles. The van der Waals surface area contributed by atoms with Crippen LogP contribution in [-0.4, -0.2) is 67.1 Å². The van der Waals surface area contributed by atoms with E-state index in [9.17, 15) is 18.7 Å². The van der Waals surface area contributed by atoms with E-state index in [1.165, 1.54) is 43.2 Å². The summed E-state index contributed by atoms with van der Waals surface area (Å²) in [6.07, 6.45) is 2.94. The SMILES string of the molecule is Cc1nc(N2CC3CN(C(=O)c4c(F)cccc4-n4nccn4)CC3C2)nc(C(C)(C)O)c1F. The molecule has 2 atom stereocenters. The van der Waals surface area contributed by atoms with Crippen molar-refractivity contribution < 1.29 is 18.7 Å². The van der Waals surface area contributed by atoms with Gasteiger partial charge in [0.1, 0.15) is 28.4 Å². The summed E-state index contributed by atoms with van der Waals surface area (Å²) in [5.41, 5.74) is -1.06. The number of carbonyl (C=O) groups is 1. The van der Waals surface area contributed by atoms with Gasteiger partial charge in [0.25, 0.3) is 5.91 Å². The van der Waals surface area contributed by atoms with Crippen LogP contribution in [0.15, 0.2) is 30.6 Å². The van der Waals surface area contributed by atoms with Crippen LogP contribution >= 0.6 is 0 Å². The fourth-order valence-corrected chi connectivity index (χ4v) is 4.80. The fourth-order valence-electron chi connectivity index (χ4n) is 4.80. The third kappa shape index (κ3) is 3.79. The van der Waals surface area contributed by atoms with Crippen LogP contribution in [0.1, 0.15) is 35.6 Å². The minimum Gasteiger partial charge on any atom is -0.384 e. The molecule has 2 aromatic heterocycles. The average Bonchev–Trinajstić information content (AvgIpc) is 3.50. The van der Waals surface area contributed by atoms with E-state index >= 15 is 0 Å². The van der Waals surface area contributed by atoms with Crippen LogP contribution in [0.5, 0.6) is 0 Å². The van der Waals surface area contributed by atoms with E-state index < -0.39 is 23.1 Å². The molecule has 0 saturated carbocycles. The van der Waals surface area contributed by atoms with Crippen molar-refractivity contribution in [2.45, 2.75) is 26.4 Å². The number of likely N-dealkylation sites (tertiary alicyclic amines) is 1. The normalized spacial score (nSPS) is 20.2. The van der Waals surface area contributed by atoms with Crippen LogP contribution in [0.2, 0.25) is 0 Å². The number of amides is 1. The van der Waals surface area contributed by atoms with Crippen molar-refractivity contribution in [2.24, 2.45) is 11.8 Å². The number of hydrogen-bond donors (Lipinski definition) is 1. The molecule has 3 aromatic rings. The van der Waals surface area contributed by atoms with Gasteiger partial charge >= 0.3 is 0 Å². The smallest absolute Gasteiger partial charge is 0.259 e. The van der Waals surface area contributed by atoms with Crippen LogP contribution < -0.4 is 4.90 Å². The molecule has 11 heteroatoms. The van der Waals surface area contributed by atoms with Crippen LogP contribution in [0.25, 0.3) is 5.69 Å².